The van der Waals surface area contributed by atoms with Crippen molar-refractivity contribution in [3.63, 3.8) is 0 Å². The summed E-state index contributed by atoms with van der Waals surface area (Å²) in [6.45, 7) is 5.17. The van der Waals surface area contributed by atoms with Crippen LogP contribution in [-0.2, 0) is 13.1 Å². The van der Waals surface area contributed by atoms with Crippen molar-refractivity contribution < 1.29 is 14.3 Å². The molecule has 0 spiro atoms. The molecule has 6 heteroatoms. The molecule has 0 aliphatic heterocycles. The van der Waals surface area contributed by atoms with Gasteiger partial charge in [0.05, 0.1) is 32.0 Å². The Labute approximate surface area is 165 Å². The van der Waals surface area contributed by atoms with E-state index < -0.39 is 0 Å². The van der Waals surface area contributed by atoms with Gasteiger partial charge in [-0.15, -0.1) is 0 Å². The third-order valence-corrected chi connectivity index (χ3v) is 4.53. The van der Waals surface area contributed by atoms with Crippen molar-refractivity contribution in [2.75, 3.05) is 14.2 Å². The van der Waals surface area contributed by atoms with Crippen LogP contribution in [0.25, 0.3) is 0 Å². The Morgan fingerprint density at radius 2 is 1.82 bits per heavy atom. The van der Waals surface area contributed by atoms with Crippen molar-refractivity contribution in [1.82, 2.24) is 15.1 Å². The number of nitrogens with zero attached hydrogens (tertiary/aromatic N) is 2. The zero-order valence-electron chi connectivity index (χ0n) is 16.7. The lowest BCUT2D eigenvalue weighted by Crippen LogP contribution is -2.23. The second-order valence-corrected chi connectivity index (χ2v) is 6.65. The fraction of sp³-hybridized carbons (Fsp3) is 0.273. The van der Waals surface area contributed by atoms with E-state index in [1.165, 1.54) is 7.11 Å². The summed E-state index contributed by atoms with van der Waals surface area (Å²) in [5.74, 6) is 0.934. The van der Waals surface area contributed by atoms with Crippen molar-refractivity contribution in [3.05, 3.63) is 76.6 Å². The van der Waals surface area contributed by atoms with Gasteiger partial charge < -0.3 is 14.8 Å². The average molecular weight is 379 g/mol. The number of carbonyl (C=O) groups excluding carboxylic acids is 1. The summed E-state index contributed by atoms with van der Waals surface area (Å²) < 4.78 is 12.5. The van der Waals surface area contributed by atoms with Gasteiger partial charge >= 0.3 is 0 Å². The van der Waals surface area contributed by atoms with Crippen molar-refractivity contribution in [2.45, 2.75) is 26.9 Å². The molecular weight excluding hydrogens is 354 g/mol. The van der Waals surface area contributed by atoms with Crippen LogP contribution >= 0.6 is 0 Å². The molecule has 0 saturated heterocycles. The van der Waals surface area contributed by atoms with Gasteiger partial charge in [-0.2, -0.15) is 5.10 Å². The largest absolute Gasteiger partial charge is 0.497 e. The van der Waals surface area contributed by atoms with Gasteiger partial charge in [0.25, 0.3) is 5.91 Å². The maximum Gasteiger partial charge on any atom is 0.255 e. The summed E-state index contributed by atoms with van der Waals surface area (Å²) in [6, 6.07) is 15.3. The Kier molecular flexibility index (Phi) is 5.99. The van der Waals surface area contributed by atoms with Crippen LogP contribution in [0.3, 0.4) is 0 Å². The third kappa shape index (κ3) is 4.52. The van der Waals surface area contributed by atoms with E-state index in [2.05, 4.69) is 28.6 Å². The minimum atomic E-state index is -0.191. The van der Waals surface area contributed by atoms with Crippen LogP contribution in [0.15, 0.2) is 48.5 Å². The molecule has 1 heterocycles. The first kappa shape index (κ1) is 19.5. The molecule has 1 aromatic heterocycles. The average Bonchev–Trinajstić information content (AvgIpc) is 3.02. The lowest BCUT2D eigenvalue weighted by Gasteiger charge is -2.11. The smallest absolute Gasteiger partial charge is 0.255 e. The summed E-state index contributed by atoms with van der Waals surface area (Å²) in [5, 5.41) is 7.46. The van der Waals surface area contributed by atoms with Crippen LogP contribution in [0, 0.1) is 13.8 Å². The van der Waals surface area contributed by atoms with E-state index in [1.54, 1.807) is 25.3 Å². The van der Waals surface area contributed by atoms with E-state index in [4.69, 9.17) is 9.47 Å². The number of benzene rings is 2. The highest BCUT2D eigenvalue weighted by atomic mass is 16.5. The number of carbonyl (C=O) groups is 1. The fourth-order valence-electron chi connectivity index (χ4n) is 3.11. The Morgan fingerprint density at radius 3 is 2.50 bits per heavy atom. The summed E-state index contributed by atoms with van der Waals surface area (Å²) in [5.41, 5.74) is 4.78. The lowest BCUT2D eigenvalue weighted by atomic mass is 10.1. The van der Waals surface area contributed by atoms with Crippen LogP contribution in [0.5, 0.6) is 11.5 Å². The van der Waals surface area contributed by atoms with E-state index in [-0.39, 0.29) is 5.91 Å². The van der Waals surface area contributed by atoms with E-state index >= 15 is 0 Å². The molecule has 28 heavy (non-hydrogen) atoms. The molecule has 2 aromatic carbocycles. The normalized spacial score (nSPS) is 10.6. The van der Waals surface area contributed by atoms with Gasteiger partial charge in [0.1, 0.15) is 11.5 Å². The molecule has 0 saturated carbocycles. The van der Waals surface area contributed by atoms with Crippen LogP contribution in [0.2, 0.25) is 0 Å². The van der Waals surface area contributed by atoms with Gasteiger partial charge in [-0.25, -0.2) is 0 Å². The maximum absolute atomic E-state index is 12.6. The van der Waals surface area contributed by atoms with Crippen LogP contribution in [0.1, 0.15) is 32.9 Å². The molecule has 0 unspecified atom stereocenters. The molecule has 3 rings (SSSR count). The summed E-state index contributed by atoms with van der Waals surface area (Å²) in [4.78, 5) is 12.6. The molecule has 146 valence electrons. The predicted molar refractivity (Wildman–Crippen MR) is 108 cm³/mol. The van der Waals surface area contributed by atoms with Crippen LogP contribution < -0.4 is 14.8 Å². The lowest BCUT2D eigenvalue weighted by molar-refractivity contribution is 0.0948. The van der Waals surface area contributed by atoms with E-state index in [0.717, 1.165) is 22.5 Å². The van der Waals surface area contributed by atoms with E-state index in [0.29, 0.717) is 30.2 Å². The van der Waals surface area contributed by atoms with Crippen molar-refractivity contribution in [2.24, 2.45) is 0 Å². The third-order valence-electron chi connectivity index (χ3n) is 4.53. The topological polar surface area (TPSA) is 65.4 Å². The summed E-state index contributed by atoms with van der Waals surface area (Å²) in [6.07, 6.45) is 0. The van der Waals surface area contributed by atoms with Gasteiger partial charge in [0, 0.05) is 18.3 Å². The zero-order valence-corrected chi connectivity index (χ0v) is 16.7. The number of rotatable bonds is 7. The highest BCUT2D eigenvalue weighted by Gasteiger charge is 2.13. The van der Waals surface area contributed by atoms with Gasteiger partial charge in [0.2, 0.25) is 0 Å². The van der Waals surface area contributed by atoms with Crippen molar-refractivity contribution in [3.8, 4) is 11.5 Å². The van der Waals surface area contributed by atoms with E-state index in [9.17, 15) is 4.79 Å². The quantitative estimate of drug-likeness (QED) is 0.682. The minimum absolute atomic E-state index is 0.191. The first-order valence-electron chi connectivity index (χ1n) is 9.09. The first-order chi connectivity index (χ1) is 13.5. The number of aryl methyl sites for hydroxylation is 2. The summed E-state index contributed by atoms with van der Waals surface area (Å²) in [7, 11) is 3.11. The van der Waals surface area contributed by atoms with Crippen molar-refractivity contribution in [1.29, 1.82) is 0 Å². The second-order valence-electron chi connectivity index (χ2n) is 6.65. The molecule has 0 bridgehead atoms. The monoisotopic (exact) mass is 379 g/mol. The predicted octanol–water partition coefficient (Wildman–Crippen LogP) is 3.50. The number of amides is 1. The first-order valence-corrected chi connectivity index (χ1v) is 9.09. The Bertz CT molecular complexity index is 979. The highest BCUT2D eigenvalue weighted by Crippen LogP contribution is 2.24. The Morgan fingerprint density at radius 1 is 1.04 bits per heavy atom. The highest BCUT2D eigenvalue weighted by molar-refractivity contribution is 5.97. The second kappa shape index (κ2) is 8.61. The number of methoxy groups -OCH3 is 2. The van der Waals surface area contributed by atoms with Gasteiger partial charge in [-0.1, -0.05) is 24.3 Å². The van der Waals surface area contributed by atoms with Crippen LogP contribution in [0.4, 0.5) is 0 Å². The Balaban J connectivity index is 1.68. The zero-order chi connectivity index (χ0) is 20.1. The molecular formula is C22H25N3O3. The number of aromatic nitrogens is 2. The van der Waals surface area contributed by atoms with Gasteiger partial charge in [-0.3, -0.25) is 9.48 Å². The molecule has 0 fully saturated rings. The molecule has 3 aromatic rings. The maximum atomic E-state index is 12.6. The fourth-order valence-corrected chi connectivity index (χ4v) is 3.11. The number of hydrogen-bond acceptors (Lipinski definition) is 4. The molecule has 1 N–H and O–H groups in total. The van der Waals surface area contributed by atoms with E-state index in [1.807, 2.05) is 30.7 Å². The molecule has 6 nitrogen and oxygen atoms in total. The standard InChI is InChI=1S/C22H25N3O3/c1-15-10-16(2)25(24-15)14-18-7-5-6-17(11-18)13-23-22(26)20-9-8-19(27-3)12-21(20)28-4/h5-12H,13-14H2,1-4H3,(H,23,26). The molecule has 0 aliphatic carbocycles. The molecule has 0 radical (unpaired) electrons. The van der Waals surface area contributed by atoms with Crippen molar-refractivity contribution >= 4 is 5.91 Å². The summed E-state index contributed by atoms with van der Waals surface area (Å²) >= 11 is 0. The molecule has 0 atom stereocenters. The number of hydrogen-bond donors (Lipinski definition) is 1. The van der Waals surface area contributed by atoms with Crippen LogP contribution in [-0.4, -0.2) is 29.9 Å². The number of nitrogens with one attached hydrogen (secondary N) is 1. The SMILES string of the molecule is COc1ccc(C(=O)NCc2cccc(Cn3nc(C)cc3C)c2)c(OC)c1. The Hall–Kier alpha value is -3.28. The minimum Gasteiger partial charge on any atom is -0.497 e. The number of ether oxygens (including phenoxy) is 2. The molecule has 1 amide bonds. The van der Waals surface area contributed by atoms with Gasteiger partial charge in [-0.05, 0) is 43.2 Å². The van der Waals surface area contributed by atoms with Gasteiger partial charge in [0.15, 0.2) is 0 Å². The molecule has 0 aliphatic rings.